The Balaban J connectivity index is 2.29. The standard InChI is InChI=1S/C14H12N2O5/c1-21-13-8-10(5-6-12(13)14(17)18)15-9-3-2-4-11(7-9)16(19)20/h2-8,15H,1H3,(H,17,18). The van der Waals surface area contributed by atoms with Gasteiger partial charge in [-0.15, -0.1) is 0 Å². The Bertz CT molecular complexity index is 700. The van der Waals surface area contributed by atoms with Gasteiger partial charge in [-0.3, -0.25) is 10.1 Å². The van der Waals surface area contributed by atoms with Crippen LogP contribution < -0.4 is 10.1 Å². The maximum Gasteiger partial charge on any atom is 0.339 e. The zero-order valence-corrected chi connectivity index (χ0v) is 11.1. The number of hydrogen-bond donors (Lipinski definition) is 2. The molecule has 0 radical (unpaired) electrons. The fourth-order valence-electron chi connectivity index (χ4n) is 1.81. The first kappa shape index (κ1) is 14.3. The first-order valence-electron chi connectivity index (χ1n) is 5.94. The van der Waals surface area contributed by atoms with E-state index in [2.05, 4.69) is 5.32 Å². The van der Waals surface area contributed by atoms with Crippen LogP contribution in [0.15, 0.2) is 42.5 Å². The molecule has 0 aliphatic rings. The van der Waals surface area contributed by atoms with E-state index in [0.29, 0.717) is 11.4 Å². The molecular formula is C14H12N2O5. The van der Waals surface area contributed by atoms with Crippen molar-refractivity contribution in [2.75, 3.05) is 12.4 Å². The number of carbonyl (C=O) groups is 1. The molecule has 2 rings (SSSR count). The van der Waals surface area contributed by atoms with E-state index >= 15 is 0 Å². The maximum absolute atomic E-state index is 11.0. The summed E-state index contributed by atoms with van der Waals surface area (Å²) < 4.78 is 5.02. The number of nitrogens with one attached hydrogen (secondary N) is 1. The van der Waals surface area contributed by atoms with E-state index in [-0.39, 0.29) is 17.0 Å². The average Bonchev–Trinajstić information content (AvgIpc) is 2.47. The molecule has 0 atom stereocenters. The largest absolute Gasteiger partial charge is 0.496 e. The summed E-state index contributed by atoms with van der Waals surface area (Å²) in [5, 5.41) is 22.7. The third-order valence-corrected chi connectivity index (χ3v) is 2.78. The van der Waals surface area contributed by atoms with Crippen LogP contribution >= 0.6 is 0 Å². The molecule has 0 amide bonds. The van der Waals surface area contributed by atoms with Gasteiger partial charge in [-0.05, 0) is 18.2 Å². The van der Waals surface area contributed by atoms with Crippen molar-refractivity contribution in [2.45, 2.75) is 0 Å². The minimum atomic E-state index is -1.09. The Hall–Kier alpha value is -3.09. The van der Waals surface area contributed by atoms with Gasteiger partial charge in [0.2, 0.25) is 0 Å². The summed E-state index contributed by atoms with van der Waals surface area (Å²) in [7, 11) is 1.37. The van der Waals surface area contributed by atoms with E-state index in [9.17, 15) is 14.9 Å². The zero-order chi connectivity index (χ0) is 15.4. The number of aromatic carboxylic acids is 1. The van der Waals surface area contributed by atoms with Gasteiger partial charge in [0.15, 0.2) is 0 Å². The van der Waals surface area contributed by atoms with Gasteiger partial charge in [-0.2, -0.15) is 0 Å². The van der Waals surface area contributed by atoms with Crippen molar-refractivity contribution in [1.29, 1.82) is 0 Å². The average molecular weight is 288 g/mol. The van der Waals surface area contributed by atoms with E-state index < -0.39 is 10.9 Å². The lowest BCUT2D eigenvalue weighted by molar-refractivity contribution is -0.384. The number of carboxylic acids is 1. The molecule has 2 aromatic rings. The Kier molecular flexibility index (Phi) is 4.03. The summed E-state index contributed by atoms with van der Waals surface area (Å²) in [6.07, 6.45) is 0. The van der Waals surface area contributed by atoms with Crippen molar-refractivity contribution in [1.82, 2.24) is 0 Å². The lowest BCUT2D eigenvalue weighted by Crippen LogP contribution is -2.01. The monoisotopic (exact) mass is 288 g/mol. The number of non-ortho nitro benzene ring substituents is 1. The van der Waals surface area contributed by atoms with Gasteiger partial charge in [0.25, 0.3) is 5.69 Å². The lowest BCUT2D eigenvalue weighted by Gasteiger charge is -2.10. The number of anilines is 2. The lowest BCUT2D eigenvalue weighted by atomic mass is 10.1. The second-order valence-electron chi connectivity index (χ2n) is 4.15. The molecule has 0 saturated heterocycles. The molecule has 2 N–H and O–H groups in total. The Morgan fingerprint density at radius 3 is 2.57 bits per heavy atom. The van der Waals surface area contributed by atoms with Crippen molar-refractivity contribution in [3.05, 3.63) is 58.1 Å². The van der Waals surface area contributed by atoms with Crippen LogP contribution in [0.5, 0.6) is 5.75 Å². The quantitative estimate of drug-likeness (QED) is 0.647. The normalized spacial score (nSPS) is 9.95. The number of hydrogen-bond acceptors (Lipinski definition) is 5. The van der Waals surface area contributed by atoms with Crippen molar-refractivity contribution >= 4 is 23.0 Å². The number of nitro benzene ring substituents is 1. The van der Waals surface area contributed by atoms with Crippen molar-refractivity contribution in [3.63, 3.8) is 0 Å². The fourth-order valence-corrected chi connectivity index (χ4v) is 1.81. The predicted molar refractivity (Wildman–Crippen MR) is 76.3 cm³/mol. The van der Waals surface area contributed by atoms with Crippen LogP contribution in [0.3, 0.4) is 0 Å². The summed E-state index contributed by atoms with van der Waals surface area (Å²) in [5.41, 5.74) is 1.10. The summed E-state index contributed by atoms with van der Waals surface area (Å²) in [6, 6.07) is 10.5. The van der Waals surface area contributed by atoms with Crippen LogP contribution in [-0.4, -0.2) is 23.1 Å². The molecule has 0 aromatic heterocycles. The molecule has 7 heteroatoms. The van der Waals surface area contributed by atoms with Gasteiger partial charge in [0, 0.05) is 29.6 Å². The van der Waals surface area contributed by atoms with Crippen LogP contribution in [0.1, 0.15) is 10.4 Å². The summed E-state index contributed by atoms with van der Waals surface area (Å²) in [5.74, 6) is -0.883. The molecule has 7 nitrogen and oxygen atoms in total. The molecule has 108 valence electrons. The molecule has 0 unspecified atom stereocenters. The topological polar surface area (TPSA) is 102 Å². The molecule has 0 aliphatic heterocycles. The second-order valence-corrected chi connectivity index (χ2v) is 4.15. The molecule has 0 bridgehead atoms. The SMILES string of the molecule is COc1cc(Nc2cccc([N+](=O)[O-])c2)ccc1C(=O)O. The van der Waals surface area contributed by atoms with Crippen LogP contribution in [0.25, 0.3) is 0 Å². The summed E-state index contributed by atoms with van der Waals surface area (Å²) in [4.78, 5) is 21.2. The first-order chi connectivity index (χ1) is 10.0. The minimum Gasteiger partial charge on any atom is -0.496 e. The minimum absolute atomic E-state index is 0.0332. The zero-order valence-electron chi connectivity index (χ0n) is 11.1. The van der Waals surface area contributed by atoms with E-state index in [1.807, 2.05) is 0 Å². The molecule has 0 heterocycles. The van der Waals surface area contributed by atoms with Crippen LogP contribution in [0, 0.1) is 10.1 Å². The fraction of sp³-hybridized carbons (Fsp3) is 0.0714. The highest BCUT2D eigenvalue weighted by molar-refractivity contribution is 5.91. The van der Waals surface area contributed by atoms with Gasteiger partial charge in [-0.25, -0.2) is 4.79 Å². The number of nitrogens with zero attached hydrogens (tertiary/aromatic N) is 1. The van der Waals surface area contributed by atoms with Crippen LogP contribution in [0.2, 0.25) is 0 Å². The smallest absolute Gasteiger partial charge is 0.339 e. The number of ether oxygens (including phenoxy) is 1. The summed E-state index contributed by atoms with van der Waals surface area (Å²) >= 11 is 0. The molecule has 2 aromatic carbocycles. The second kappa shape index (κ2) is 5.91. The predicted octanol–water partition coefficient (Wildman–Crippen LogP) is 3.05. The molecule has 21 heavy (non-hydrogen) atoms. The number of methoxy groups -OCH3 is 1. The third kappa shape index (κ3) is 3.27. The van der Waals surface area contributed by atoms with E-state index in [1.54, 1.807) is 18.2 Å². The Morgan fingerprint density at radius 1 is 1.24 bits per heavy atom. The third-order valence-electron chi connectivity index (χ3n) is 2.78. The summed E-state index contributed by atoms with van der Waals surface area (Å²) in [6.45, 7) is 0. The molecule has 0 fully saturated rings. The van der Waals surface area contributed by atoms with Crippen molar-refractivity contribution in [2.24, 2.45) is 0 Å². The van der Waals surface area contributed by atoms with Gasteiger partial charge >= 0.3 is 5.97 Å². The molecular weight excluding hydrogens is 276 g/mol. The van der Waals surface area contributed by atoms with Crippen LogP contribution in [-0.2, 0) is 0 Å². The van der Waals surface area contributed by atoms with Gasteiger partial charge in [0.1, 0.15) is 11.3 Å². The Labute approximate surface area is 119 Å². The van der Waals surface area contributed by atoms with E-state index in [0.717, 1.165) is 0 Å². The maximum atomic E-state index is 11.0. The van der Waals surface area contributed by atoms with Crippen molar-refractivity contribution < 1.29 is 19.6 Å². The van der Waals surface area contributed by atoms with Gasteiger partial charge < -0.3 is 15.2 Å². The number of benzene rings is 2. The van der Waals surface area contributed by atoms with E-state index in [1.165, 1.54) is 31.4 Å². The van der Waals surface area contributed by atoms with Gasteiger partial charge in [-0.1, -0.05) is 6.07 Å². The molecule has 0 aliphatic carbocycles. The highest BCUT2D eigenvalue weighted by Gasteiger charge is 2.12. The number of nitro groups is 1. The first-order valence-corrected chi connectivity index (χ1v) is 5.94. The van der Waals surface area contributed by atoms with Crippen LogP contribution in [0.4, 0.5) is 17.1 Å². The van der Waals surface area contributed by atoms with E-state index in [4.69, 9.17) is 9.84 Å². The highest BCUT2D eigenvalue weighted by atomic mass is 16.6. The highest BCUT2D eigenvalue weighted by Crippen LogP contribution is 2.27. The molecule has 0 saturated carbocycles. The van der Waals surface area contributed by atoms with Crippen molar-refractivity contribution in [3.8, 4) is 5.75 Å². The number of rotatable bonds is 5. The Morgan fingerprint density at radius 2 is 1.95 bits per heavy atom. The van der Waals surface area contributed by atoms with Gasteiger partial charge in [0.05, 0.1) is 12.0 Å². The number of carboxylic acid groups (broad SMARTS) is 1. The molecule has 0 spiro atoms.